The van der Waals surface area contributed by atoms with Gasteiger partial charge in [-0.2, -0.15) is 0 Å². The van der Waals surface area contributed by atoms with Crippen LogP contribution < -0.4 is 0 Å². The van der Waals surface area contributed by atoms with Gasteiger partial charge in [-0.1, -0.05) is 79.6 Å². The van der Waals surface area contributed by atoms with Gasteiger partial charge in [0.1, 0.15) is 5.82 Å². The van der Waals surface area contributed by atoms with Gasteiger partial charge in [0.2, 0.25) is 0 Å². The van der Waals surface area contributed by atoms with Crippen molar-refractivity contribution in [2.75, 3.05) is 6.61 Å². The summed E-state index contributed by atoms with van der Waals surface area (Å²) < 4.78 is 51.7. The Balaban J connectivity index is 1.30. The van der Waals surface area contributed by atoms with Gasteiger partial charge in [-0.25, -0.2) is 13.2 Å². The number of aryl methyl sites for hydroxylation is 2. The highest BCUT2D eigenvalue weighted by Crippen LogP contribution is 2.49. The molecule has 0 aromatic heterocycles. The van der Waals surface area contributed by atoms with E-state index < -0.39 is 11.6 Å². The van der Waals surface area contributed by atoms with Crippen LogP contribution in [0, 0.1) is 36.2 Å². The third kappa shape index (κ3) is 4.18. The Hall–Kier alpha value is -3.37. The highest BCUT2D eigenvalue weighted by Gasteiger charge is 2.42. The van der Waals surface area contributed by atoms with Crippen LogP contribution in [-0.4, -0.2) is 6.61 Å². The first-order chi connectivity index (χ1) is 17.9. The second-order valence-corrected chi connectivity index (χ2v) is 10.4. The molecule has 0 amide bonds. The van der Waals surface area contributed by atoms with Gasteiger partial charge in [-0.3, -0.25) is 0 Å². The van der Waals surface area contributed by atoms with Crippen LogP contribution in [0.5, 0.6) is 0 Å². The Labute approximate surface area is 215 Å². The standard InChI is InChI=1S/C33H29F3O/c1-3-20-18-37-33-27(20)15-13-25-16-28(31(35)32(36)30(25)33)23-10-8-22(9-11-23)26-14-12-24(17-29(26)34)21-6-4-19(2)5-7-21/h4-12,14,16-17,20,27,33H,3,13,15,18H2,1-2H3. The molecule has 0 saturated carbocycles. The molecule has 1 aliphatic heterocycles. The minimum atomic E-state index is -0.843. The molecule has 2 aliphatic rings. The second-order valence-electron chi connectivity index (χ2n) is 10.4. The van der Waals surface area contributed by atoms with Gasteiger partial charge in [0.05, 0.1) is 12.7 Å². The molecule has 0 spiro atoms. The Morgan fingerprint density at radius 2 is 1.41 bits per heavy atom. The van der Waals surface area contributed by atoms with Gasteiger partial charge < -0.3 is 4.74 Å². The van der Waals surface area contributed by atoms with Gasteiger partial charge in [-0.05, 0) is 71.6 Å². The van der Waals surface area contributed by atoms with Gasteiger partial charge in [-0.15, -0.1) is 0 Å². The van der Waals surface area contributed by atoms with Crippen molar-refractivity contribution in [3.63, 3.8) is 0 Å². The van der Waals surface area contributed by atoms with E-state index in [4.69, 9.17) is 4.74 Å². The number of rotatable bonds is 4. The summed E-state index contributed by atoms with van der Waals surface area (Å²) in [4.78, 5) is 0. The summed E-state index contributed by atoms with van der Waals surface area (Å²) in [7, 11) is 0. The molecule has 4 aromatic carbocycles. The molecule has 37 heavy (non-hydrogen) atoms. The molecule has 1 nitrogen and oxygen atoms in total. The molecule has 3 atom stereocenters. The third-order valence-corrected chi connectivity index (χ3v) is 8.23. The maximum atomic E-state index is 15.4. The van der Waals surface area contributed by atoms with Gasteiger partial charge >= 0.3 is 0 Å². The predicted molar refractivity (Wildman–Crippen MR) is 142 cm³/mol. The molecule has 0 bridgehead atoms. The van der Waals surface area contributed by atoms with Crippen molar-refractivity contribution in [2.45, 2.75) is 39.2 Å². The molecular formula is C33H29F3O. The van der Waals surface area contributed by atoms with E-state index in [0.717, 1.165) is 41.5 Å². The van der Waals surface area contributed by atoms with Crippen LogP contribution in [-0.2, 0) is 11.2 Å². The average molecular weight is 499 g/mol. The zero-order valence-corrected chi connectivity index (χ0v) is 21.0. The molecule has 1 aliphatic carbocycles. The molecule has 1 heterocycles. The Morgan fingerprint density at radius 1 is 0.757 bits per heavy atom. The van der Waals surface area contributed by atoms with E-state index in [9.17, 15) is 0 Å². The molecule has 0 radical (unpaired) electrons. The van der Waals surface area contributed by atoms with Crippen LogP contribution in [0.2, 0.25) is 0 Å². The molecule has 4 aromatic rings. The van der Waals surface area contributed by atoms with E-state index in [1.54, 1.807) is 36.4 Å². The number of ether oxygens (including phenoxy) is 1. The van der Waals surface area contributed by atoms with E-state index in [1.165, 1.54) is 6.07 Å². The minimum Gasteiger partial charge on any atom is -0.373 e. The maximum absolute atomic E-state index is 15.4. The van der Waals surface area contributed by atoms with Crippen molar-refractivity contribution in [3.05, 3.63) is 107 Å². The quantitative estimate of drug-likeness (QED) is 0.273. The van der Waals surface area contributed by atoms with Gasteiger partial charge in [0.25, 0.3) is 0 Å². The van der Waals surface area contributed by atoms with Crippen molar-refractivity contribution in [1.29, 1.82) is 0 Å². The van der Waals surface area contributed by atoms with E-state index in [2.05, 4.69) is 6.92 Å². The van der Waals surface area contributed by atoms with Gasteiger partial charge in [0.15, 0.2) is 11.6 Å². The number of halogens is 3. The molecule has 3 unspecified atom stereocenters. The van der Waals surface area contributed by atoms with Crippen LogP contribution in [0.3, 0.4) is 0 Å². The zero-order valence-electron chi connectivity index (χ0n) is 21.0. The van der Waals surface area contributed by atoms with Crippen LogP contribution >= 0.6 is 0 Å². The van der Waals surface area contributed by atoms with Gasteiger partial charge in [0, 0.05) is 16.7 Å². The van der Waals surface area contributed by atoms with Crippen LogP contribution in [0.4, 0.5) is 13.2 Å². The van der Waals surface area contributed by atoms with Crippen molar-refractivity contribution in [2.24, 2.45) is 11.8 Å². The monoisotopic (exact) mass is 498 g/mol. The lowest BCUT2D eigenvalue weighted by Gasteiger charge is -2.30. The highest BCUT2D eigenvalue weighted by molar-refractivity contribution is 5.74. The molecule has 1 saturated heterocycles. The van der Waals surface area contributed by atoms with Crippen molar-refractivity contribution in [3.8, 4) is 33.4 Å². The SMILES string of the molecule is CCC1COC2c3c(cc(-c4ccc(-c5ccc(-c6ccc(C)cc6)cc5F)cc4)c(F)c3F)CCC12. The number of hydrogen-bond donors (Lipinski definition) is 0. The van der Waals surface area contributed by atoms with E-state index in [-0.39, 0.29) is 23.4 Å². The third-order valence-electron chi connectivity index (χ3n) is 8.23. The topological polar surface area (TPSA) is 9.23 Å². The molecular weight excluding hydrogens is 469 g/mol. The summed E-state index contributed by atoms with van der Waals surface area (Å²) >= 11 is 0. The molecule has 4 heteroatoms. The van der Waals surface area contributed by atoms with Crippen LogP contribution in [0.25, 0.3) is 33.4 Å². The first kappa shape index (κ1) is 24.0. The lowest BCUT2D eigenvalue weighted by Crippen LogP contribution is -2.23. The molecule has 1 fully saturated rings. The Kier molecular flexibility index (Phi) is 6.16. The average Bonchev–Trinajstić information content (AvgIpc) is 3.34. The lowest BCUT2D eigenvalue weighted by atomic mass is 9.75. The number of fused-ring (bicyclic) bond motifs is 3. The first-order valence-electron chi connectivity index (χ1n) is 13.0. The van der Waals surface area contributed by atoms with E-state index in [1.807, 2.05) is 37.3 Å². The summed E-state index contributed by atoms with van der Waals surface area (Å²) in [5.74, 6) is -1.30. The van der Waals surface area contributed by atoms with Crippen LogP contribution in [0.1, 0.15) is 42.6 Å². The summed E-state index contributed by atoms with van der Waals surface area (Å²) in [6, 6.07) is 21.9. The number of benzene rings is 4. The summed E-state index contributed by atoms with van der Waals surface area (Å²) in [5.41, 5.74) is 6.10. The van der Waals surface area contributed by atoms with E-state index >= 15 is 13.2 Å². The maximum Gasteiger partial charge on any atom is 0.167 e. The summed E-state index contributed by atoms with van der Waals surface area (Å²) in [6.45, 7) is 4.75. The predicted octanol–water partition coefficient (Wildman–Crippen LogP) is 9.07. The Bertz CT molecular complexity index is 1460. The molecule has 6 rings (SSSR count). The fourth-order valence-electron chi connectivity index (χ4n) is 6.07. The first-order valence-corrected chi connectivity index (χ1v) is 13.0. The van der Waals surface area contributed by atoms with Crippen molar-refractivity contribution >= 4 is 0 Å². The lowest BCUT2D eigenvalue weighted by molar-refractivity contribution is 0.0790. The molecule has 188 valence electrons. The summed E-state index contributed by atoms with van der Waals surface area (Å²) in [5, 5.41) is 0. The zero-order chi connectivity index (χ0) is 25.7. The summed E-state index contributed by atoms with van der Waals surface area (Å²) in [6.07, 6.45) is 2.28. The Morgan fingerprint density at radius 3 is 2.08 bits per heavy atom. The second kappa shape index (κ2) is 9.50. The van der Waals surface area contributed by atoms with Crippen LogP contribution in [0.15, 0.2) is 72.8 Å². The highest BCUT2D eigenvalue weighted by atomic mass is 19.2. The number of hydrogen-bond acceptors (Lipinski definition) is 1. The van der Waals surface area contributed by atoms with Crippen molar-refractivity contribution < 1.29 is 17.9 Å². The fourth-order valence-corrected chi connectivity index (χ4v) is 6.07. The fraction of sp³-hybridized carbons (Fsp3) is 0.273. The largest absolute Gasteiger partial charge is 0.373 e. The smallest absolute Gasteiger partial charge is 0.167 e. The minimum absolute atomic E-state index is 0.237. The van der Waals surface area contributed by atoms with Crippen molar-refractivity contribution in [1.82, 2.24) is 0 Å². The normalized spacial score (nSPS) is 20.5. The van der Waals surface area contributed by atoms with E-state index in [0.29, 0.717) is 34.8 Å². The molecule has 0 N–H and O–H groups in total.